The Morgan fingerprint density at radius 2 is 1.71 bits per heavy atom. The normalized spacial score (nSPS) is 10.9. The first-order valence-electron chi connectivity index (χ1n) is 7.21. The summed E-state index contributed by atoms with van der Waals surface area (Å²) in [7, 11) is 0. The Kier molecular flexibility index (Phi) is 4.00. The number of nitrogens with one attached hydrogen (secondary N) is 1. The maximum atomic E-state index is 13.1. The van der Waals surface area contributed by atoms with Crippen LogP contribution in [0.4, 0.5) is 15.9 Å². The van der Waals surface area contributed by atoms with Crippen molar-refractivity contribution in [3.63, 3.8) is 0 Å². The molecule has 4 aromatic rings. The third-order valence-electron chi connectivity index (χ3n) is 3.63. The fraction of sp³-hybridized carbons (Fsp3) is 0. The third-order valence-corrected chi connectivity index (χ3v) is 5.05. The van der Waals surface area contributed by atoms with Crippen LogP contribution < -0.4 is 5.32 Å². The fourth-order valence-electron chi connectivity index (χ4n) is 2.48. The summed E-state index contributed by atoms with van der Waals surface area (Å²) in [6, 6.07) is 14.4. The summed E-state index contributed by atoms with van der Waals surface area (Å²) in [6.07, 6.45) is 1.54. The molecule has 0 spiro atoms. The van der Waals surface area contributed by atoms with E-state index in [0.29, 0.717) is 5.82 Å². The summed E-state index contributed by atoms with van der Waals surface area (Å²) < 4.78 is 14.1. The van der Waals surface area contributed by atoms with Gasteiger partial charge in [0.05, 0.1) is 5.39 Å². The molecule has 2 heterocycles. The zero-order valence-electron chi connectivity index (χ0n) is 12.3. The monoisotopic (exact) mass is 399 g/mol. The molecule has 4 rings (SSSR count). The molecule has 118 valence electrons. The average Bonchev–Trinajstić information content (AvgIpc) is 3.03. The molecule has 3 nitrogen and oxygen atoms in total. The predicted octanol–water partition coefficient (Wildman–Crippen LogP) is 6.00. The first-order valence-corrected chi connectivity index (χ1v) is 8.89. The highest BCUT2D eigenvalue weighted by Crippen LogP contribution is 2.37. The second kappa shape index (κ2) is 6.30. The van der Waals surface area contributed by atoms with Crippen molar-refractivity contribution in [3.05, 3.63) is 70.5 Å². The first-order chi connectivity index (χ1) is 11.7. The second-order valence-corrected chi connectivity index (χ2v) is 6.96. The van der Waals surface area contributed by atoms with Gasteiger partial charge >= 0.3 is 0 Å². The molecule has 0 fully saturated rings. The summed E-state index contributed by atoms with van der Waals surface area (Å²) in [5.41, 5.74) is 2.96. The van der Waals surface area contributed by atoms with Crippen LogP contribution in [-0.4, -0.2) is 9.97 Å². The third kappa shape index (κ3) is 2.90. The zero-order chi connectivity index (χ0) is 16.5. The largest absolute Gasteiger partial charge is 0.340 e. The van der Waals surface area contributed by atoms with Crippen LogP contribution >= 0.6 is 27.3 Å². The maximum absolute atomic E-state index is 13.1. The standard InChI is InChI=1S/C18H11BrFN3S/c19-12-3-1-11(2-4-12)15-9-24-18-16(15)17(21-10-22-18)23-14-7-5-13(20)6-8-14/h1-10H,(H,21,22,23). The van der Waals surface area contributed by atoms with Crippen LogP contribution in [0.3, 0.4) is 0 Å². The van der Waals surface area contributed by atoms with Gasteiger partial charge in [-0.2, -0.15) is 0 Å². The van der Waals surface area contributed by atoms with Crippen molar-refractivity contribution < 1.29 is 4.39 Å². The van der Waals surface area contributed by atoms with Gasteiger partial charge in [0.15, 0.2) is 0 Å². The number of anilines is 2. The molecule has 24 heavy (non-hydrogen) atoms. The van der Waals surface area contributed by atoms with E-state index in [-0.39, 0.29) is 5.82 Å². The lowest BCUT2D eigenvalue weighted by atomic mass is 10.1. The Balaban J connectivity index is 1.82. The van der Waals surface area contributed by atoms with Gasteiger partial charge in [-0.15, -0.1) is 11.3 Å². The molecule has 0 radical (unpaired) electrons. The van der Waals surface area contributed by atoms with E-state index >= 15 is 0 Å². The Bertz CT molecular complexity index is 997. The van der Waals surface area contributed by atoms with Crippen molar-refractivity contribution >= 4 is 49.0 Å². The Morgan fingerprint density at radius 3 is 2.46 bits per heavy atom. The number of rotatable bonds is 3. The molecule has 0 amide bonds. The molecule has 0 bridgehead atoms. The van der Waals surface area contributed by atoms with Gasteiger partial charge in [-0.25, -0.2) is 14.4 Å². The number of thiophene rings is 1. The van der Waals surface area contributed by atoms with Crippen molar-refractivity contribution in [2.75, 3.05) is 5.32 Å². The molecule has 0 saturated heterocycles. The van der Waals surface area contributed by atoms with E-state index < -0.39 is 0 Å². The van der Waals surface area contributed by atoms with E-state index in [0.717, 1.165) is 31.5 Å². The van der Waals surface area contributed by atoms with Gasteiger partial charge in [0, 0.05) is 21.1 Å². The molecule has 6 heteroatoms. The van der Waals surface area contributed by atoms with Crippen molar-refractivity contribution in [1.29, 1.82) is 0 Å². The lowest BCUT2D eigenvalue weighted by Crippen LogP contribution is -1.95. The Hall–Kier alpha value is -2.31. The van der Waals surface area contributed by atoms with Gasteiger partial charge in [-0.05, 0) is 42.0 Å². The number of nitrogens with zero attached hydrogens (tertiary/aromatic N) is 2. The summed E-state index contributed by atoms with van der Waals surface area (Å²) in [6.45, 7) is 0. The number of fused-ring (bicyclic) bond motifs is 1. The molecule has 0 atom stereocenters. The van der Waals surface area contributed by atoms with E-state index in [1.165, 1.54) is 18.5 Å². The minimum absolute atomic E-state index is 0.264. The molecule has 2 aromatic carbocycles. The summed E-state index contributed by atoms with van der Waals surface area (Å²) in [5, 5.41) is 6.31. The number of halogens is 2. The highest BCUT2D eigenvalue weighted by atomic mass is 79.9. The molecule has 0 aliphatic carbocycles. The number of aromatic nitrogens is 2. The van der Waals surface area contributed by atoms with Gasteiger partial charge in [0.25, 0.3) is 0 Å². The lowest BCUT2D eigenvalue weighted by molar-refractivity contribution is 0.628. The molecule has 0 saturated carbocycles. The molecule has 0 unspecified atom stereocenters. The topological polar surface area (TPSA) is 37.8 Å². The van der Waals surface area contributed by atoms with E-state index in [9.17, 15) is 4.39 Å². The van der Waals surface area contributed by atoms with Crippen molar-refractivity contribution in [2.45, 2.75) is 0 Å². The van der Waals surface area contributed by atoms with E-state index in [1.54, 1.807) is 23.5 Å². The minimum atomic E-state index is -0.264. The summed E-state index contributed by atoms with van der Waals surface area (Å²) >= 11 is 5.04. The average molecular weight is 400 g/mol. The van der Waals surface area contributed by atoms with E-state index in [2.05, 4.69) is 48.7 Å². The SMILES string of the molecule is Fc1ccc(Nc2ncnc3scc(-c4ccc(Br)cc4)c23)cc1. The minimum Gasteiger partial charge on any atom is -0.340 e. The number of hydrogen-bond acceptors (Lipinski definition) is 4. The van der Waals surface area contributed by atoms with Crippen LogP contribution in [0.5, 0.6) is 0 Å². The molecular weight excluding hydrogens is 389 g/mol. The van der Waals surface area contributed by atoms with Gasteiger partial charge in [-0.1, -0.05) is 28.1 Å². The lowest BCUT2D eigenvalue weighted by Gasteiger charge is -2.08. The van der Waals surface area contributed by atoms with Gasteiger partial charge < -0.3 is 5.32 Å². The van der Waals surface area contributed by atoms with Crippen molar-refractivity contribution in [2.24, 2.45) is 0 Å². The summed E-state index contributed by atoms with van der Waals surface area (Å²) in [5.74, 6) is 0.449. The highest BCUT2D eigenvalue weighted by Gasteiger charge is 2.13. The maximum Gasteiger partial charge on any atom is 0.143 e. The number of hydrogen-bond donors (Lipinski definition) is 1. The highest BCUT2D eigenvalue weighted by molar-refractivity contribution is 9.10. The molecular formula is C18H11BrFN3S. The summed E-state index contributed by atoms with van der Waals surface area (Å²) in [4.78, 5) is 9.65. The molecule has 0 aliphatic heterocycles. The smallest absolute Gasteiger partial charge is 0.143 e. The zero-order valence-corrected chi connectivity index (χ0v) is 14.7. The van der Waals surface area contributed by atoms with Gasteiger partial charge in [0.1, 0.15) is 22.8 Å². The second-order valence-electron chi connectivity index (χ2n) is 5.19. The van der Waals surface area contributed by atoms with Crippen LogP contribution in [-0.2, 0) is 0 Å². The Morgan fingerprint density at radius 1 is 0.958 bits per heavy atom. The first kappa shape index (κ1) is 15.2. The van der Waals surface area contributed by atoms with Crippen LogP contribution in [0, 0.1) is 5.82 Å². The molecule has 2 aromatic heterocycles. The van der Waals surface area contributed by atoms with Crippen LogP contribution in [0.15, 0.2) is 64.7 Å². The van der Waals surface area contributed by atoms with Crippen LogP contribution in [0.25, 0.3) is 21.3 Å². The van der Waals surface area contributed by atoms with Gasteiger partial charge in [0.2, 0.25) is 0 Å². The van der Waals surface area contributed by atoms with Gasteiger partial charge in [-0.3, -0.25) is 0 Å². The number of benzene rings is 2. The van der Waals surface area contributed by atoms with E-state index in [4.69, 9.17) is 0 Å². The predicted molar refractivity (Wildman–Crippen MR) is 100 cm³/mol. The fourth-order valence-corrected chi connectivity index (χ4v) is 3.66. The molecule has 1 N–H and O–H groups in total. The van der Waals surface area contributed by atoms with Crippen LogP contribution in [0.1, 0.15) is 0 Å². The quantitative estimate of drug-likeness (QED) is 0.458. The van der Waals surface area contributed by atoms with Crippen molar-refractivity contribution in [3.8, 4) is 11.1 Å². The van der Waals surface area contributed by atoms with Crippen LogP contribution in [0.2, 0.25) is 0 Å². The van der Waals surface area contributed by atoms with E-state index in [1.807, 2.05) is 12.1 Å². The Labute approximate surface area is 150 Å². The molecule has 0 aliphatic rings. The van der Waals surface area contributed by atoms with Crippen molar-refractivity contribution in [1.82, 2.24) is 9.97 Å².